The summed E-state index contributed by atoms with van der Waals surface area (Å²) >= 11 is 0. The number of hydroxylamine groups is 1. The number of nitrogens with zero attached hydrogens (tertiary/aromatic N) is 3. The Labute approximate surface area is 247 Å². The van der Waals surface area contributed by atoms with E-state index >= 15 is 0 Å². The van der Waals surface area contributed by atoms with Crippen LogP contribution in [0.5, 0.6) is 0 Å². The number of benzene rings is 2. The fourth-order valence-electron chi connectivity index (χ4n) is 4.27. The summed E-state index contributed by atoms with van der Waals surface area (Å²) in [6.07, 6.45) is 4.26. The summed E-state index contributed by atoms with van der Waals surface area (Å²) in [4.78, 5) is 8.55. The molecule has 0 bridgehead atoms. The van der Waals surface area contributed by atoms with E-state index in [4.69, 9.17) is 10.5 Å². The van der Waals surface area contributed by atoms with Crippen LogP contribution in [-0.4, -0.2) is 62.1 Å². The quantitative estimate of drug-likeness (QED) is 0.149. The van der Waals surface area contributed by atoms with Crippen LogP contribution in [0.3, 0.4) is 0 Å². The van der Waals surface area contributed by atoms with Crippen LogP contribution in [0.15, 0.2) is 73.1 Å². The van der Waals surface area contributed by atoms with Crippen LogP contribution in [0.4, 0.5) is 0 Å². The van der Waals surface area contributed by atoms with Gasteiger partial charge in [-0.3, -0.25) is 9.97 Å². The summed E-state index contributed by atoms with van der Waals surface area (Å²) in [5.41, 5.74) is 5.13. The van der Waals surface area contributed by atoms with E-state index in [1.165, 1.54) is 0 Å². The second kappa shape index (κ2) is 15.7. The highest BCUT2D eigenvalue weighted by Gasteiger charge is 2.19. The molecule has 12 heteroatoms. The van der Waals surface area contributed by atoms with Gasteiger partial charge in [0.2, 0.25) is 0 Å². The molecule has 0 aliphatic carbocycles. The molecule has 0 saturated heterocycles. The topological polar surface area (TPSA) is 162 Å². The van der Waals surface area contributed by atoms with Gasteiger partial charge in [0.1, 0.15) is 0 Å². The first-order valence-electron chi connectivity index (χ1n) is 13.6. The van der Waals surface area contributed by atoms with Gasteiger partial charge in [-0.15, -0.1) is 0 Å². The van der Waals surface area contributed by atoms with Crippen LogP contribution in [0, 0.1) is 11.3 Å². The zero-order valence-corrected chi connectivity index (χ0v) is 25.4. The molecule has 4 aromatic rings. The van der Waals surface area contributed by atoms with E-state index in [0.717, 1.165) is 21.8 Å². The first kappa shape index (κ1) is 33.0. The third-order valence-corrected chi connectivity index (χ3v) is 9.88. The zero-order chi connectivity index (χ0) is 30.6. The standard InChI is InChI=1S/C16H19N3O2S.C14H18N2O3S/c1-2-15(18-8-7-17)12-22(20,21)11-13-9-14-5-3-4-6-16(14)19-10-13;1-11(16-17)6-7-20(18,19)10-12-8-13-4-2-3-5-14(13)15-9-12/h3-6,9-10,15,18H,2,8,11-12H2,1H3;2-5,8-9,11,16-17H,6-7,10H2,1H3/t15-;11-/m00/s1. The van der Waals surface area contributed by atoms with Gasteiger partial charge in [0.05, 0.1) is 46.7 Å². The number of aromatic nitrogens is 2. The second-order valence-electron chi connectivity index (χ2n) is 10.2. The maximum Gasteiger partial charge on any atom is 0.156 e. The fraction of sp³-hybridized carbons (Fsp3) is 0.367. The first-order valence-corrected chi connectivity index (χ1v) is 17.3. The average molecular weight is 612 g/mol. The number of sulfone groups is 2. The number of para-hydroxylation sites is 2. The number of hydrogen-bond acceptors (Lipinski definition) is 10. The molecule has 3 N–H and O–H groups in total. The lowest BCUT2D eigenvalue weighted by Gasteiger charge is -2.15. The summed E-state index contributed by atoms with van der Waals surface area (Å²) in [5.74, 6) is 0.00507. The Morgan fingerprint density at radius 3 is 1.90 bits per heavy atom. The van der Waals surface area contributed by atoms with Gasteiger partial charge in [-0.25, -0.2) is 22.3 Å². The maximum atomic E-state index is 12.3. The molecule has 42 heavy (non-hydrogen) atoms. The maximum absolute atomic E-state index is 12.3. The number of nitrogens with one attached hydrogen (secondary N) is 2. The number of pyridine rings is 2. The van der Waals surface area contributed by atoms with Gasteiger partial charge in [0.25, 0.3) is 0 Å². The minimum atomic E-state index is -3.26. The normalized spacial score (nSPS) is 13.2. The van der Waals surface area contributed by atoms with E-state index in [9.17, 15) is 16.8 Å². The highest BCUT2D eigenvalue weighted by molar-refractivity contribution is 7.90. The van der Waals surface area contributed by atoms with Gasteiger partial charge in [0.15, 0.2) is 19.7 Å². The molecule has 0 amide bonds. The summed E-state index contributed by atoms with van der Waals surface area (Å²) < 4.78 is 48.7. The van der Waals surface area contributed by atoms with Crippen molar-refractivity contribution in [3.63, 3.8) is 0 Å². The minimum absolute atomic E-state index is 0.0248. The molecule has 0 saturated carbocycles. The lowest BCUT2D eigenvalue weighted by Crippen LogP contribution is -2.35. The van der Waals surface area contributed by atoms with Crippen LogP contribution >= 0.6 is 0 Å². The minimum Gasteiger partial charge on any atom is -0.317 e. The number of rotatable bonds is 13. The van der Waals surface area contributed by atoms with Crippen molar-refractivity contribution in [2.24, 2.45) is 0 Å². The zero-order valence-electron chi connectivity index (χ0n) is 23.8. The monoisotopic (exact) mass is 611 g/mol. The molecule has 0 radical (unpaired) electrons. The highest BCUT2D eigenvalue weighted by atomic mass is 32.2. The molecule has 2 heterocycles. The van der Waals surface area contributed by atoms with E-state index in [0.29, 0.717) is 24.0 Å². The molecule has 0 aliphatic rings. The lowest BCUT2D eigenvalue weighted by molar-refractivity contribution is 0.131. The van der Waals surface area contributed by atoms with Gasteiger partial charge in [0, 0.05) is 35.2 Å². The molecular formula is C30H37N5O5S2. The van der Waals surface area contributed by atoms with Crippen LogP contribution in [0.2, 0.25) is 0 Å². The Morgan fingerprint density at radius 1 is 0.881 bits per heavy atom. The SMILES string of the molecule is CC[C@@H](CS(=O)(=O)Cc1cnc2ccccc2c1)NCC#N.C[C@@H](CCS(=O)(=O)Cc1cnc2ccccc2c1)NO. The Kier molecular flexibility index (Phi) is 12.3. The van der Waals surface area contributed by atoms with Crippen molar-refractivity contribution >= 4 is 41.5 Å². The van der Waals surface area contributed by atoms with Gasteiger partial charge >= 0.3 is 0 Å². The van der Waals surface area contributed by atoms with E-state index < -0.39 is 19.7 Å². The largest absolute Gasteiger partial charge is 0.317 e. The smallest absolute Gasteiger partial charge is 0.156 e. The Morgan fingerprint density at radius 2 is 1.40 bits per heavy atom. The Balaban J connectivity index is 0.000000231. The predicted molar refractivity (Wildman–Crippen MR) is 165 cm³/mol. The van der Waals surface area contributed by atoms with Gasteiger partial charge in [-0.1, -0.05) is 43.3 Å². The molecule has 0 aliphatic heterocycles. The van der Waals surface area contributed by atoms with Crippen LogP contribution < -0.4 is 10.8 Å². The summed E-state index contributed by atoms with van der Waals surface area (Å²) in [6.45, 7) is 3.79. The summed E-state index contributed by atoms with van der Waals surface area (Å²) in [6, 6.07) is 20.5. The molecule has 0 unspecified atom stereocenters. The number of nitriles is 1. The van der Waals surface area contributed by atoms with Crippen molar-refractivity contribution in [1.82, 2.24) is 20.8 Å². The Bertz CT molecular complexity index is 1720. The summed E-state index contributed by atoms with van der Waals surface area (Å²) in [7, 11) is -6.46. The van der Waals surface area contributed by atoms with E-state index in [2.05, 4.69) is 15.3 Å². The van der Waals surface area contributed by atoms with E-state index in [1.54, 1.807) is 19.3 Å². The third kappa shape index (κ3) is 10.7. The molecule has 2 atom stereocenters. The van der Waals surface area contributed by atoms with Crippen LogP contribution in [0.1, 0.15) is 37.8 Å². The molecular weight excluding hydrogens is 574 g/mol. The fourth-order valence-corrected chi connectivity index (χ4v) is 7.54. The van der Waals surface area contributed by atoms with Gasteiger partial charge in [-0.2, -0.15) is 5.26 Å². The van der Waals surface area contributed by atoms with Crippen molar-refractivity contribution < 1.29 is 22.0 Å². The van der Waals surface area contributed by atoms with Gasteiger partial charge < -0.3 is 10.5 Å². The second-order valence-corrected chi connectivity index (χ2v) is 14.5. The van der Waals surface area contributed by atoms with E-state index in [-0.39, 0.29) is 41.6 Å². The molecule has 0 spiro atoms. The number of fused-ring (bicyclic) bond motifs is 2. The summed E-state index contributed by atoms with van der Waals surface area (Å²) in [5, 5.41) is 22.1. The molecule has 4 rings (SSSR count). The van der Waals surface area contributed by atoms with Crippen molar-refractivity contribution in [2.45, 2.75) is 50.3 Å². The van der Waals surface area contributed by atoms with Gasteiger partial charge in [-0.05, 0) is 55.2 Å². The third-order valence-electron chi connectivity index (χ3n) is 6.57. The van der Waals surface area contributed by atoms with Crippen molar-refractivity contribution in [2.75, 3.05) is 18.1 Å². The Hall–Kier alpha value is -3.47. The van der Waals surface area contributed by atoms with E-state index in [1.807, 2.05) is 79.1 Å². The first-order chi connectivity index (χ1) is 20.0. The molecule has 10 nitrogen and oxygen atoms in total. The average Bonchev–Trinajstić information content (AvgIpc) is 2.97. The predicted octanol–water partition coefficient (Wildman–Crippen LogP) is 3.95. The molecule has 2 aromatic heterocycles. The molecule has 2 aromatic carbocycles. The lowest BCUT2D eigenvalue weighted by atomic mass is 10.2. The number of hydrogen-bond donors (Lipinski definition) is 3. The van der Waals surface area contributed by atoms with Crippen molar-refractivity contribution in [1.29, 1.82) is 5.26 Å². The van der Waals surface area contributed by atoms with Crippen molar-refractivity contribution in [3.8, 4) is 6.07 Å². The van der Waals surface area contributed by atoms with Crippen molar-refractivity contribution in [3.05, 3.63) is 84.2 Å². The molecule has 0 fully saturated rings. The van der Waals surface area contributed by atoms with Crippen LogP contribution in [0.25, 0.3) is 21.8 Å². The molecule has 224 valence electrons. The van der Waals surface area contributed by atoms with Crippen LogP contribution in [-0.2, 0) is 31.2 Å². The highest BCUT2D eigenvalue weighted by Crippen LogP contribution is 2.17.